The lowest BCUT2D eigenvalue weighted by Crippen LogP contribution is -2.46. The van der Waals surface area contributed by atoms with Crippen molar-refractivity contribution in [3.05, 3.63) is 29.3 Å². The summed E-state index contributed by atoms with van der Waals surface area (Å²) in [6.07, 6.45) is 0. The van der Waals surface area contributed by atoms with Gasteiger partial charge in [-0.3, -0.25) is 9.80 Å². The second-order valence-corrected chi connectivity index (χ2v) is 5.88. The van der Waals surface area contributed by atoms with Crippen molar-refractivity contribution >= 4 is 5.69 Å². The molecule has 0 bridgehead atoms. The fraction of sp³-hybridized carbons (Fsp3) is 0.600. The molecule has 4 nitrogen and oxygen atoms in total. The van der Waals surface area contributed by atoms with Crippen molar-refractivity contribution in [2.75, 3.05) is 52.0 Å². The van der Waals surface area contributed by atoms with Crippen LogP contribution in [0.5, 0.6) is 0 Å². The lowest BCUT2D eigenvalue weighted by atomic mass is 10.1. The van der Waals surface area contributed by atoms with E-state index in [9.17, 15) is 0 Å². The van der Waals surface area contributed by atoms with E-state index in [0.29, 0.717) is 0 Å². The molecule has 0 radical (unpaired) electrons. The Morgan fingerprint density at radius 2 is 1.63 bits per heavy atom. The summed E-state index contributed by atoms with van der Waals surface area (Å²) in [7, 11) is 2.21. The highest BCUT2D eigenvalue weighted by Crippen LogP contribution is 2.24. The largest absolute Gasteiger partial charge is 0.399 e. The van der Waals surface area contributed by atoms with Crippen LogP contribution in [0.15, 0.2) is 18.2 Å². The molecular formula is C15H24N4. The monoisotopic (exact) mass is 260 g/mol. The zero-order chi connectivity index (χ0) is 13.2. The molecule has 1 saturated heterocycles. The molecule has 2 aliphatic heterocycles. The van der Waals surface area contributed by atoms with Crippen LogP contribution in [-0.4, -0.2) is 61.0 Å². The Morgan fingerprint density at radius 3 is 2.42 bits per heavy atom. The summed E-state index contributed by atoms with van der Waals surface area (Å²) < 4.78 is 0. The molecule has 1 aromatic carbocycles. The summed E-state index contributed by atoms with van der Waals surface area (Å²) in [5, 5.41) is 0. The normalized spacial score (nSPS) is 21.7. The first-order chi connectivity index (χ1) is 9.20. The van der Waals surface area contributed by atoms with Crippen molar-refractivity contribution in [2.45, 2.75) is 13.1 Å². The number of likely N-dealkylation sites (N-methyl/N-ethyl adjacent to an activating group) is 1. The van der Waals surface area contributed by atoms with Gasteiger partial charge in [-0.05, 0) is 30.3 Å². The lowest BCUT2D eigenvalue weighted by molar-refractivity contribution is 0.135. The summed E-state index contributed by atoms with van der Waals surface area (Å²) in [6.45, 7) is 9.34. The average Bonchev–Trinajstić information content (AvgIpc) is 2.80. The van der Waals surface area contributed by atoms with Crippen molar-refractivity contribution in [1.29, 1.82) is 0 Å². The Labute approximate surface area is 115 Å². The molecule has 2 heterocycles. The van der Waals surface area contributed by atoms with Crippen LogP contribution in [0.2, 0.25) is 0 Å². The third-order valence-electron chi connectivity index (χ3n) is 4.35. The minimum atomic E-state index is 0.889. The SMILES string of the molecule is CN1CCN(CCN2Cc3ccc(N)cc3C2)CC1. The molecule has 2 aliphatic rings. The maximum Gasteiger partial charge on any atom is 0.0317 e. The maximum atomic E-state index is 5.85. The van der Waals surface area contributed by atoms with E-state index in [1.54, 1.807) is 0 Å². The van der Waals surface area contributed by atoms with Gasteiger partial charge in [0, 0.05) is 58.0 Å². The van der Waals surface area contributed by atoms with Crippen LogP contribution in [0.1, 0.15) is 11.1 Å². The van der Waals surface area contributed by atoms with Gasteiger partial charge in [0.15, 0.2) is 0 Å². The Balaban J connectivity index is 1.48. The standard InChI is InChI=1S/C15H24N4/c1-17-4-6-18(7-5-17)8-9-19-11-13-2-3-15(16)10-14(13)12-19/h2-3,10H,4-9,11-12,16H2,1H3. The summed E-state index contributed by atoms with van der Waals surface area (Å²) in [6, 6.07) is 6.33. The number of nitrogens with zero attached hydrogens (tertiary/aromatic N) is 3. The predicted octanol–water partition coefficient (Wildman–Crippen LogP) is 0.832. The number of hydrogen-bond donors (Lipinski definition) is 1. The number of anilines is 1. The minimum Gasteiger partial charge on any atom is -0.399 e. The third-order valence-corrected chi connectivity index (χ3v) is 4.35. The molecular weight excluding hydrogens is 236 g/mol. The van der Waals surface area contributed by atoms with E-state index < -0.39 is 0 Å². The Hall–Kier alpha value is -1.10. The van der Waals surface area contributed by atoms with E-state index in [1.165, 1.54) is 43.9 Å². The highest BCUT2D eigenvalue weighted by atomic mass is 15.3. The summed E-state index contributed by atoms with van der Waals surface area (Å²) >= 11 is 0. The first-order valence-electron chi connectivity index (χ1n) is 7.21. The van der Waals surface area contributed by atoms with Crippen LogP contribution in [0, 0.1) is 0 Å². The molecule has 3 rings (SSSR count). The molecule has 1 aromatic rings. The Kier molecular flexibility index (Phi) is 3.73. The molecule has 0 aliphatic carbocycles. The van der Waals surface area contributed by atoms with Gasteiger partial charge in [0.1, 0.15) is 0 Å². The molecule has 0 saturated carbocycles. The zero-order valence-corrected chi connectivity index (χ0v) is 11.8. The summed E-state index contributed by atoms with van der Waals surface area (Å²) in [4.78, 5) is 7.52. The second kappa shape index (κ2) is 5.49. The van der Waals surface area contributed by atoms with Crippen molar-refractivity contribution in [3.8, 4) is 0 Å². The number of fused-ring (bicyclic) bond motifs is 1. The highest BCUT2D eigenvalue weighted by molar-refractivity contribution is 5.46. The number of rotatable bonds is 3. The summed E-state index contributed by atoms with van der Waals surface area (Å²) in [5.41, 5.74) is 9.60. The maximum absolute atomic E-state index is 5.85. The van der Waals surface area contributed by atoms with Crippen molar-refractivity contribution in [1.82, 2.24) is 14.7 Å². The van der Waals surface area contributed by atoms with Crippen molar-refractivity contribution < 1.29 is 0 Å². The van der Waals surface area contributed by atoms with Gasteiger partial charge in [0.25, 0.3) is 0 Å². The van der Waals surface area contributed by atoms with Crippen molar-refractivity contribution in [2.24, 2.45) is 0 Å². The quantitative estimate of drug-likeness (QED) is 0.817. The molecule has 104 valence electrons. The Morgan fingerprint density at radius 1 is 0.947 bits per heavy atom. The van der Waals surface area contributed by atoms with E-state index in [4.69, 9.17) is 5.73 Å². The predicted molar refractivity (Wildman–Crippen MR) is 78.9 cm³/mol. The molecule has 0 spiro atoms. The number of nitrogen functional groups attached to an aromatic ring is 1. The van der Waals surface area contributed by atoms with Crippen LogP contribution in [0.25, 0.3) is 0 Å². The van der Waals surface area contributed by atoms with Gasteiger partial charge in [-0.1, -0.05) is 6.07 Å². The molecule has 4 heteroatoms. The van der Waals surface area contributed by atoms with Crippen molar-refractivity contribution in [3.63, 3.8) is 0 Å². The van der Waals surface area contributed by atoms with Gasteiger partial charge < -0.3 is 10.6 Å². The molecule has 0 unspecified atom stereocenters. The summed E-state index contributed by atoms with van der Waals surface area (Å²) in [5.74, 6) is 0. The van der Waals surface area contributed by atoms with Gasteiger partial charge >= 0.3 is 0 Å². The second-order valence-electron chi connectivity index (χ2n) is 5.88. The Bertz CT molecular complexity index is 438. The molecule has 2 N–H and O–H groups in total. The van der Waals surface area contributed by atoms with Crippen LogP contribution >= 0.6 is 0 Å². The molecule has 0 amide bonds. The smallest absolute Gasteiger partial charge is 0.0317 e. The fourth-order valence-electron chi connectivity index (χ4n) is 3.00. The average molecular weight is 260 g/mol. The lowest BCUT2D eigenvalue weighted by Gasteiger charge is -2.33. The van der Waals surface area contributed by atoms with Gasteiger partial charge in [-0.2, -0.15) is 0 Å². The first kappa shape index (κ1) is 12.9. The fourth-order valence-corrected chi connectivity index (χ4v) is 3.00. The number of hydrogen-bond acceptors (Lipinski definition) is 4. The molecule has 0 aromatic heterocycles. The molecule has 19 heavy (non-hydrogen) atoms. The number of piperazine rings is 1. The zero-order valence-electron chi connectivity index (χ0n) is 11.8. The van der Waals surface area contributed by atoms with E-state index in [-0.39, 0.29) is 0 Å². The minimum absolute atomic E-state index is 0.889. The van der Waals surface area contributed by atoms with Crippen LogP contribution in [0.4, 0.5) is 5.69 Å². The van der Waals surface area contributed by atoms with E-state index in [2.05, 4.69) is 33.9 Å². The number of nitrogens with two attached hydrogens (primary N) is 1. The topological polar surface area (TPSA) is 35.7 Å². The van der Waals surface area contributed by atoms with Gasteiger partial charge in [-0.15, -0.1) is 0 Å². The number of benzene rings is 1. The van der Waals surface area contributed by atoms with E-state index in [0.717, 1.165) is 25.3 Å². The molecule has 1 fully saturated rings. The van der Waals surface area contributed by atoms with Gasteiger partial charge in [0.05, 0.1) is 0 Å². The molecule has 0 atom stereocenters. The highest BCUT2D eigenvalue weighted by Gasteiger charge is 2.20. The van der Waals surface area contributed by atoms with Crippen LogP contribution in [-0.2, 0) is 13.1 Å². The first-order valence-corrected chi connectivity index (χ1v) is 7.21. The van der Waals surface area contributed by atoms with Crippen LogP contribution < -0.4 is 5.73 Å². The van der Waals surface area contributed by atoms with Crippen LogP contribution in [0.3, 0.4) is 0 Å². The van der Waals surface area contributed by atoms with E-state index in [1.807, 2.05) is 6.07 Å². The third kappa shape index (κ3) is 3.08. The van der Waals surface area contributed by atoms with Gasteiger partial charge in [0.2, 0.25) is 0 Å². The van der Waals surface area contributed by atoms with E-state index >= 15 is 0 Å². The van der Waals surface area contributed by atoms with Gasteiger partial charge in [-0.25, -0.2) is 0 Å².